The second kappa shape index (κ2) is 8.73. The summed E-state index contributed by atoms with van der Waals surface area (Å²) in [5.74, 6) is -1.08. The lowest BCUT2D eigenvalue weighted by Crippen LogP contribution is -2.18. The van der Waals surface area contributed by atoms with Crippen molar-refractivity contribution in [1.29, 1.82) is 0 Å². The average Bonchev–Trinajstić information content (AvgIpc) is 2.70. The molecule has 0 atom stereocenters. The molecule has 0 aromatic heterocycles. The van der Waals surface area contributed by atoms with Gasteiger partial charge in [-0.3, -0.25) is 9.59 Å². The molecule has 140 valence electrons. The number of amides is 2. The van der Waals surface area contributed by atoms with Crippen molar-refractivity contribution in [3.05, 3.63) is 101 Å². The fraction of sp³-hybridized carbons (Fsp3) is 0.0455. The molecular weight excluding hydrogens is 357 g/mol. The summed E-state index contributed by atoms with van der Waals surface area (Å²) in [6.07, 6.45) is 1.24. The Labute approximate surface area is 161 Å². The molecule has 3 rings (SSSR count). The summed E-state index contributed by atoms with van der Waals surface area (Å²) in [6.45, 7) is 1.87. The first kappa shape index (κ1) is 19.0. The van der Waals surface area contributed by atoms with Crippen molar-refractivity contribution in [2.24, 2.45) is 5.10 Å². The minimum atomic E-state index is -0.440. The number of carbonyl (C=O) groups is 2. The first-order valence-corrected chi connectivity index (χ1v) is 8.59. The average molecular weight is 375 g/mol. The Bertz CT molecular complexity index is 1030. The Morgan fingerprint density at radius 3 is 2.29 bits per heavy atom. The van der Waals surface area contributed by atoms with Gasteiger partial charge in [-0.15, -0.1) is 0 Å². The highest BCUT2D eigenvalue weighted by atomic mass is 19.1. The Balaban J connectivity index is 1.61. The molecule has 0 spiro atoms. The van der Waals surface area contributed by atoms with E-state index in [9.17, 15) is 14.0 Å². The zero-order chi connectivity index (χ0) is 19.9. The Morgan fingerprint density at radius 2 is 1.57 bits per heavy atom. The number of nitrogens with zero attached hydrogens (tertiary/aromatic N) is 1. The van der Waals surface area contributed by atoms with E-state index in [1.165, 1.54) is 12.3 Å². The van der Waals surface area contributed by atoms with Gasteiger partial charge in [-0.2, -0.15) is 5.10 Å². The number of aryl methyl sites for hydroxylation is 1. The van der Waals surface area contributed by atoms with Gasteiger partial charge in [0.15, 0.2) is 0 Å². The molecule has 0 aliphatic rings. The smallest absolute Gasteiger partial charge is 0.271 e. The van der Waals surface area contributed by atoms with Gasteiger partial charge >= 0.3 is 0 Å². The highest BCUT2D eigenvalue weighted by Crippen LogP contribution is 2.13. The maximum atomic E-state index is 13.5. The summed E-state index contributed by atoms with van der Waals surface area (Å²) >= 11 is 0. The number of anilines is 1. The van der Waals surface area contributed by atoms with E-state index in [4.69, 9.17) is 0 Å². The molecule has 0 bridgehead atoms. The number of rotatable bonds is 5. The van der Waals surface area contributed by atoms with Gasteiger partial charge in [0.1, 0.15) is 5.82 Å². The third-order valence-corrected chi connectivity index (χ3v) is 4.07. The summed E-state index contributed by atoms with van der Waals surface area (Å²) < 4.78 is 13.5. The molecular formula is C22H18FN3O2. The molecule has 2 amide bonds. The van der Waals surface area contributed by atoms with Crippen molar-refractivity contribution < 1.29 is 14.0 Å². The zero-order valence-electron chi connectivity index (χ0n) is 15.1. The van der Waals surface area contributed by atoms with Crippen LogP contribution in [0.25, 0.3) is 0 Å². The molecule has 0 unspecified atom stereocenters. The van der Waals surface area contributed by atoms with E-state index in [0.29, 0.717) is 16.8 Å². The van der Waals surface area contributed by atoms with Crippen LogP contribution in [0.4, 0.5) is 10.1 Å². The van der Waals surface area contributed by atoms with Crippen molar-refractivity contribution in [3.63, 3.8) is 0 Å². The van der Waals surface area contributed by atoms with Crippen LogP contribution < -0.4 is 10.7 Å². The molecule has 28 heavy (non-hydrogen) atoms. The molecule has 3 aromatic carbocycles. The molecule has 3 aromatic rings. The number of halogens is 1. The van der Waals surface area contributed by atoms with Crippen LogP contribution in [-0.4, -0.2) is 18.0 Å². The molecule has 6 heteroatoms. The number of hydrogen-bond acceptors (Lipinski definition) is 3. The van der Waals surface area contributed by atoms with Crippen molar-refractivity contribution in [2.45, 2.75) is 6.92 Å². The van der Waals surface area contributed by atoms with E-state index < -0.39 is 11.7 Å². The molecule has 0 saturated carbocycles. The standard InChI is InChI=1S/C22H18FN3O2/c1-15-6-2-4-8-19(15)22(28)25-18-12-10-16(11-13-18)21(27)26-24-14-17-7-3-5-9-20(17)23/h2-14H,1H3,(H,25,28)(H,26,27)/b24-14+. The van der Waals surface area contributed by atoms with Crippen LogP contribution in [0.2, 0.25) is 0 Å². The topological polar surface area (TPSA) is 70.6 Å². The summed E-state index contributed by atoms with van der Waals surface area (Å²) in [5.41, 5.74) is 5.02. The second-order valence-electron chi connectivity index (χ2n) is 6.07. The van der Waals surface area contributed by atoms with E-state index in [-0.39, 0.29) is 11.5 Å². The van der Waals surface area contributed by atoms with Gasteiger partial charge in [0, 0.05) is 22.4 Å². The SMILES string of the molecule is Cc1ccccc1C(=O)Nc1ccc(C(=O)N/N=C/c2ccccc2F)cc1. The van der Waals surface area contributed by atoms with Gasteiger partial charge in [-0.05, 0) is 48.9 Å². The minimum Gasteiger partial charge on any atom is -0.322 e. The highest BCUT2D eigenvalue weighted by Gasteiger charge is 2.09. The van der Waals surface area contributed by atoms with Crippen molar-refractivity contribution in [3.8, 4) is 0 Å². The van der Waals surface area contributed by atoms with Crippen molar-refractivity contribution in [2.75, 3.05) is 5.32 Å². The maximum Gasteiger partial charge on any atom is 0.271 e. The zero-order valence-corrected chi connectivity index (χ0v) is 15.1. The number of nitrogens with one attached hydrogen (secondary N) is 2. The first-order valence-electron chi connectivity index (χ1n) is 8.59. The minimum absolute atomic E-state index is 0.218. The van der Waals surface area contributed by atoms with Crippen LogP contribution in [-0.2, 0) is 0 Å². The molecule has 2 N–H and O–H groups in total. The monoisotopic (exact) mass is 375 g/mol. The molecule has 0 heterocycles. The Hall–Kier alpha value is -3.80. The largest absolute Gasteiger partial charge is 0.322 e. The predicted octanol–water partition coefficient (Wildman–Crippen LogP) is 4.15. The quantitative estimate of drug-likeness (QED) is 0.519. The van der Waals surface area contributed by atoms with E-state index in [1.54, 1.807) is 54.6 Å². The lowest BCUT2D eigenvalue weighted by molar-refractivity contribution is 0.0954. The second-order valence-corrected chi connectivity index (χ2v) is 6.07. The normalized spacial score (nSPS) is 10.6. The summed E-state index contributed by atoms with van der Waals surface area (Å²) in [5, 5.41) is 6.56. The van der Waals surface area contributed by atoms with Gasteiger partial charge in [0.2, 0.25) is 0 Å². The Kier molecular flexibility index (Phi) is 5.91. The summed E-state index contributed by atoms with van der Waals surface area (Å²) in [6, 6.07) is 19.8. The first-order chi connectivity index (χ1) is 13.5. The third-order valence-electron chi connectivity index (χ3n) is 4.07. The summed E-state index contributed by atoms with van der Waals surface area (Å²) in [7, 11) is 0. The van der Waals surface area contributed by atoms with E-state index >= 15 is 0 Å². The van der Waals surface area contributed by atoms with Gasteiger partial charge in [0.25, 0.3) is 11.8 Å². The van der Waals surface area contributed by atoms with Gasteiger partial charge in [-0.25, -0.2) is 9.82 Å². The summed E-state index contributed by atoms with van der Waals surface area (Å²) in [4.78, 5) is 24.4. The van der Waals surface area contributed by atoms with Crippen LogP contribution in [0, 0.1) is 12.7 Å². The van der Waals surface area contributed by atoms with Crippen molar-refractivity contribution in [1.82, 2.24) is 5.43 Å². The van der Waals surface area contributed by atoms with E-state index in [2.05, 4.69) is 15.8 Å². The predicted molar refractivity (Wildman–Crippen MR) is 107 cm³/mol. The lowest BCUT2D eigenvalue weighted by atomic mass is 10.1. The molecule has 0 saturated heterocycles. The van der Waals surface area contributed by atoms with Crippen LogP contribution in [0.5, 0.6) is 0 Å². The highest BCUT2D eigenvalue weighted by molar-refractivity contribution is 6.05. The third kappa shape index (κ3) is 4.67. The van der Waals surface area contributed by atoms with Crippen LogP contribution >= 0.6 is 0 Å². The fourth-order valence-electron chi connectivity index (χ4n) is 2.54. The van der Waals surface area contributed by atoms with E-state index in [1.807, 2.05) is 19.1 Å². The van der Waals surface area contributed by atoms with Gasteiger partial charge < -0.3 is 5.32 Å². The maximum absolute atomic E-state index is 13.5. The van der Waals surface area contributed by atoms with E-state index in [0.717, 1.165) is 5.56 Å². The molecule has 0 aliphatic heterocycles. The number of hydrogen-bond donors (Lipinski definition) is 2. The number of benzene rings is 3. The molecule has 5 nitrogen and oxygen atoms in total. The Morgan fingerprint density at radius 1 is 0.893 bits per heavy atom. The van der Waals surface area contributed by atoms with Gasteiger partial charge in [0.05, 0.1) is 6.21 Å². The number of hydrazone groups is 1. The molecule has 0 aliphatic carbocycles. The van der Waals surface area contributed by atoms with Crippen LogP contribution in [0.15, 0.2) is 77.9 Å². The molecule has 0 fully saturated rings. The number of carbonyl (C=O) groups excluding carboxylic acids is 2. The van der Waals surface area contributed by atoms with Crippen LogP contribution in [0.3, 0.4) is 0 Å². The molecule has 0 radical (unpaired) electrons. The fourth-order valence-corrected chi connectivity index (χ4v) is 2.54. The lowest BCUT2D eigenvalue weighted by Gasteiger charge is -2.08. The van der Waals surface area contributed by atoms with Crippen LogP contribution in [0.1, 0.15) is 31.8 Å². The van der Waals surface area contributed by atoms with Gasteiger partial charge in [-0.1, -0.05) is 36.4 Å². The van der Waals surface area contributed by atoms with Crippen molar-refractivity contribution >= 4 is 23.7 Å².